The fourth-order valence-corrected chi connectivity index (χ4v) is 3.83. The quantitative estimate of drug-likeness (QED) is 0.541. The molecule has 1 unspecified atom stereocenters. The van der Waals surface area contributed by atoms with E-state index in [1.165, 1.54) is 0 Å². The van der Waals surface area contributed by atoms with Crippen LogP contribution in [0.25, 0.3) is 11.0 Å². The van der Waals surface area contributed by atoms with E-state index < -0.39 is 0 Å². The number of para-hydroxylation sites is 2. The summed E-state index contributed by atoms with van der Waals surface area (Å²) in [5, 5.41) is 8.11. The SMILES string of the molecule is Clc1cc(Cl)c2c(c1)C(NCCCNc1nc3ccccc3[nH]1)OCC2. The van der Waals surface area contributed by atoms with Gasteiger partial charge in [-0.15, -0.1) is 0 Å². The summed E-state index contributed by atoms with van der Waals surface area (Å²) >= 11 is 12.5. The lowest BCUT2D eigenvalue weighted by Crippen LogP contribution is -2.30. The summed E-state index contributed by atoms with van der Waals surface area (Å²) in [6, 6.07) is 11.7. The molecule has 0 saturated heterocycles. The van der Waals surface area contributed by atoms with Gasteiger partial charge < -0.3 is 15.0 Å². The fraction of sp³-hybridized carbons (Fsp3) is 0.316. The van der Waals surface area contributed by atoms with Gasteiger partial charge in [0.15, 0.2) is 0 Å². The second kappa shape index (κ2) is 7.84. The molecule has 0 amide bonds. The van der Waals surface area contributed by atoms with Gasteiger partial charge in [-0.1, -0.05) is 35.3 Å². The number of hydrogen-bond donors (Lipinski definition) is 3. The molecule has 4 rings (SSSR count). The first-order valence-electron chi connectivity index (χ1n) is 8.72. The number of fused-ring (bicyclic) bond motifs is 2. The van der Waals surface area contributed by atoms with Crippen molar-refractivity contribution in [3.8, 4) is 0 Å². The Morgan fingerprint density at radius 3 is 2.96 bits per heavy atom. The molecule has 3 N–H and O–H groups in total. The van der Waals surface area contributed by atoms with Crippen molar-refractivity contribution in [1.82, 2.24) is 15.3 Å². The third-order valence-electron chi connectivity index (χ3n) is 4.48. The molecule has 3 aromatic rings. The smallest absolute Gasteiger partial charge is 0.201 e. The van der Waals surface area contributed by atoms with E-state index in [4.69, 9.17) is 27.9 Å². The zero-order valence-electron chi connectivity index (χ0n) is 14.2. The van der Waals surface area contributed by atoms with Gasteiger partial charge in [-0.25, -0.2) is 4.98 Å². The molecule has 5 nitrogen and oxygen atoms in total. The Balaban J connectivity index is 1.29. The van der Waals surface area contributed by atoms with Crippen molar-refractivity contribution in [2.75, 3.05) is 25.0 Å². The highest BCUT2D eigenvalue weighted by molar-refractivity contribution is 6.35. The van der Waals surface area contributed by atoms with E-state index in [0.717, 1.165) is 54.0 Å². The van der Waals surface area contributed by atoms with Gasteiger partial charge >= 0.3 is 0 Å². The van der Waals surface area contributed by atoms with Crippen LogP contribution in [0.5, 0.6) is 0 Å². The third kappa shape index (κ3) is 3.81. The lowest BCUT2D eigenvalue weighted by Gasteiger charge is -2.28. The minimum atomic E-state index is -0.166. The number of benzene rings is 2. The topological polar surface area (TPSA) is 62.0 Å². The molecule has 0 spiro atoms. The number of aromatic amines is 1. The van der Waals surface area contributed by atoms with E-state index in [1.54, 1.807) is 6.07 Å². The van der Waals surface area contributed by atoms with Gasteiger partial charge in [0.1, 0.15) is 6.23 Å². The molecule has 2 heterocycles. The van der Waals surface area contributed by atoms with Crippen molar-refractivity contribution < 1.29 is 4.74 Å². The number of rotatable bonds is 6. The van der Waals surface area contributed by atoms with E-state index in [0.29, 0.717) is 16.7 Å². The number of aromatic nitrogens is 2. The number of halogens is 2. The molecule has 2 aromatic carbocycles. The number of nitrogens with one attached hydrogen (secondary N) is 3. The van der Waals surface area contributed by atoms with Crippen LogP contribution < -0.4 is 10.6 Å². The van der Waals surface area contributed by atoms with Crippen LogP contribution in [0.2, 0.25) is 10.0 Å². The van der Waals surface area contributed by atoms with Crippen LogP contribution in [0.3, 0.4) is 0 Å². The average molecular weight is 391 g/mol. The molecule has 1 aliphatic rings. The summed E-state index contributed by atoms with van der Waals surface area (Å²) in [6.07, 6.45) is 1.58. The second-order valence-corrected chi connectivity index (χ2v) is 7.14. The van der Waals surface area contributed by atoms with Crippen molar-refractivity contribution in [2.45, 2.75) is 19.1 Å². The maximum atomic E-state index is 6.31. The molecule has 0 radical (unpaired) electrons. The van der Waals surface area contributed by atoms with Crippen molar-refractivity contribution in [3.63, 3.8) is 0 Å². The van der Waals surface area contributed by atoms with Crippen LogP contribution in [0.1, 0.15) is 23.8 Å². The van der Waals surface area contributed by atoms with E-state index in [1.807, 2.05) is 30.3 Å². The molecule has 1 atom stereocenters. The maximum Gasteiger partial charge on any atom is 0.201 e. The average Bonchev–Trinajstić information content (AvgIpc) is 3.04. The Morgan fingerprint density at radius 2 is 2.08 bits per heavy atom. The fourth-order valence-electron chi connectivity index (χ4n) is 3.22. The molecular formula is C19H20Cl2N4O. The van der Waals surface area contributed by atoms with Gasteiger partial charge in [-0.3, -0.25) is 5.32 Å². The lowest BCUT2D eigenvalue weighted by molar-refractivity contribution is 0.0188. The summed E-state index contributed by atoms with van der Waals surface area (Å²) < 4.78 is 5.85. The normalized spacial score (nSPS) is 16.6. The number of H-pyrrole nitrogens is 1. The van der Waals surface area contributed by atoms with Gasteiger partial charge in [0.05, 0.1) is 17.6 Å². The highest BCUT2D eigenvalue weighted by atomic mass is 35.5. The van der Waals surface area contributed by atoms with Crippen LogP contribution in [0, 0.1) is 0 Å². The molecule has 1 aliphatic heterocycles. The first-order chi connectivity index (χ1) is 12.7. The Labute approximate surface area is 162 Å². The Hall–Kier alpha value is -1.79. The molecule has 0 bridgehead atoms. The number of nitrogens with zero attached hydrogens (tertiary/aromatic N) is 1. The highest BCUT2D eigenvalue weighted by Gasteiger charge is 2.22. The largest absolute Gasteiger partial charge is 0.359 e. The minimum absolute atomic E-state index is 0.166. The Kier molecular flexibility index (Phi) is 5.31. The predicted molar refractivity (Wildman–Crippen MR) is 106 cm³/mol. The third-order valence-corrected chi connectivity index (χ3v) is 5.03. The molecule has 0 aliphatic carbocycles. The lowest BCUT2D eigenvalue weighted by atomic mass is 10.0. The summed E-state index contributed by atoms with van der Waals surface area (Å²) in [4.78, 5) is 7.77. The van der Waals surface area contributed by atoms with Gasteiger partial charge in [-0.05, 0) is 49.2 Å². The van der Waals surface area contributed by atoms with E-state index in [2.05, 4.69) is 20.6 Å². The van der Waals surface area contributed by atoms with Crippen molar-refractivity contribution in [3.05, 3.63) is 57.6 Å². The minimum Gasteiger partial charge on any atom is -0.359 e. The number of hydrogen-bond acceptors (Lipinski definition) is 4. The number of imidazole rings is 1. The van der Waals surface area contributed by atoms with E-state index in [-0.39, 0.29) is 6.23 Å². The van der Waals surface area contributed by atoms with Crippen molar-refractivity contribution in [1.29, 1.82) is 0 Å². The first-order valence-corrected chi connectivity index (χ1v) is 9.48. The maximum absolute atomic E-state index is 6.31. The van der Waals surface area contributed by atoms with Crippen LogP contribution in [0.4, 0.5) is 5.95 Å². The monoisotopic (exact) mass is 390 g/mol. The van der Waals surface area contributed by atoms with Gasteiger partial charge in [0.2, 0.25) is 5.95 Å². The van der Waals surface area contributed by atoms with Crippen molar-refractivity contribution in [2.24, 2.45) is 0 Å². The summed E-state index contributed by atoms with van der Waals surface area (Å²) in [5.41, 5.74) is 4.17. The predicted octanol–water partition coefficient (Wildman–Crippen LogP) is 4.53. The molecule has 1 aromatic heterocycles. The Bertz CT molecular complexity index is 879. The van der Waals surface area contributed by atoms with E-state index in [9.17, 15) is 0 Å². The summed E-state index contributed by atoms with van der Waals surface area (Å²) in [6.45, 7) is 2.27. The van der Waals surface area contributed by atoms with Crippen LogP contribution in [-0.4, -0.2) is 29.7 Å². The zero-order chi connectivity index (χ0) is 17.9. The summed E-state index contributed by atoms with van der Waals surface area (Å²) in [7, 11) is 0. The number of anilines is 1. The van der Waals surface area contributed by atoms with Gasteiger partial charge in [-0.2, -0.15) is 0 Å². The first kappa shape index (κ1) is 17.6. The molecule has 7 heteroatoms. The van der Waals surface area contributed by atoms with E-state index >= 15 is 0 Å². The van der Waals surface area contributed by atoms with Gasteiger partial charge in [0, 0.05) is 22.2 Å². The van der Waals surface area contributed by atoms with Crippen molar-refractivity contribution >= 4 is 40.2 Å². The molecule has 0 fully saturated rings. The van der Waals surface area contributed by atoms with Crippen LogP contribution in [0.15, 0.2) is 36.4 Å². The zero-order valence-corrected chi connectivity index (χ0v) is 15.7. The molecular weight excluding hydrogens is 371 g/mol. The second-order valence-electron chi connectivity index (χ2n) is 6.29. The highest BCUT2D eigenvalue weighted by Crippen LogP contribution is 2.33. The van der Waals surface area contributed by atoms with Crippen LogP contribution in [-0.2, 0) is 11.2 Å². The Morgan fingerprint density at radius 1 is 1.19 bits per heavy atom. The van der Waals surface area contributed by atoms with Gasteiger partial charge in [0.25, 0.3) is 0 Å². The van der Waals surface area contributed by atoms with Crippen LogP contribution >= 0.6 is 23.2 Å². The molecule has 0 saturated carbocycles. The molecule has 26 heavy (non-hydrogen) atoms. The molecule has 136 valence electrons. The number of ether oxygens (including phenoxy) is 1. The standard InChI is InChI=1S/C19H20Cl2N4O/c20-12-10-14-13(15(21)11-12)6-9-26-18(14)22-7-3-8-23-19-24-16-4-1-2-5-17(16)25-19/h1-2,4-5,10-11,18,22H,3,6-9H2,(H2,23,24,25). The summed E-state index contributed by atoms with van der Waals surface area (Å²) in [5.74, 6) is 0.795.